The van der Waals surface area contributed by atoms with Gasteiger partial charge in [-0.3, -0.25) is 24.0 Å². The first kappa shape index (κ1) is 41.7. The van der Waals surface area contributed by atoms with Crippen LogP contribution >= 0.6 is 0 Å². The third kappa shape index (κ3) is 14.6. The van der Waals surface area contributed by atoms with Crippen LogP contribution in [0.4, 0.5) is 4.79 Å². The summed E-state index contributed by atoms with van der Waals surface area (Å²) in [6, 6.07) is 5.38. The van der Waals surface area contributed by atoms with Crippen molar-refractivity contribution in [1.29, 1.82) is 0 Å². The van der Waals surface area contributed by atoms with Gasteiger partial charge in [-0.25, -0.2) is 4.79 Å². The monoisotopic (exact) mass is 700 g/mol. The average molecular weight is 701 g/mol. The number of aliphatic hydroxyl groups excluding tert-OH is 1. The molecule has 1 aromatic carbocycles. The number of nitrogens with one attached hydrogen (secondary N) is 6. The summed E-state index contributed by atoms with van der Waals surface area (Å²) in [5, 5.41) is 27.5. The summed E-state index contributed by atoms with van der Waals surface area (Å²) in [5.74, 6) is -3.95. The Bertz CT molecular complexity index is 1320. The number of rotatable bonds is 14. The van der Waals surface area contributed by atoms with E-state index in [1.807, 2.05) is 58.0 Å². The fraction of sp³-hybridized carbons (Fsp3) is 0.611. The third-order valence-corrected chi connectivity index (χ3v) is 8.26. The summed E-state index contributed by atoms with van der Waals surface area (Å²) >= 11 is 0. The minimum Gasteiger partial charge on any atom is -0.445 e. The Balaban J connectivity index is 2.16. The van der Waals surface area contributed by atoms with Gasteiger partial charge in [0, 0.05) is 19.0 Å². The topological polar surface area (TPSA) is 204 Å². The van der Waals surface area contributed by atoms with Crippen LogP contribution in [0.15, 0.2) is 42.5 Å². The van der Waals surface area contributed by atoms with Gasteiger partial charge in [0.05, 0.1) is 18.6 Å². The Labute approximate surface area is 295 Å². The summed E-state index contributed by atoms with van der Waals surface area (Å²) < 4.78 is 5.07. The normalized spacial score (nSPS) is 19.9. The summed E-state index contributed by atoms with van der Waals surface area (Å²) in [4.78, 5) is 78.3. The van der Waals surface area contributed by atoms with Crippen molar-refractivity contribution in [3.8, 4) is 0 Å². The first-order valence-electron chi connectivity index (χ1n) is 17.3. The highest BCUT2D eigenvalue weighted by atomic mass is 16.5. The minimum atomic E-state index is -1.34. The molecule has 1 aliphatic rings. The van der Waals surface area contributed by atoms with Crippen LogP contribution in [0.25, 0.3) is 0 Å². The lowest BCUT2D eigenvalue weighted by molar-refractivity contribution is -0.134. The molecule has 1 aromatic rings. The molecule has 0 fully saturated rings. The van der Waals surface area contributed by atoms with Crippen LogP contribution in [0, 0.1) is 23.7 Å². The Hall–Kier alpha value is -4.46. The van der Waals surface area contributed by atoms with Crippen molar-refractivity contribution >= 4 is 35.6 Å². The molecule has 14 heteroatoms. The zero-order valence-electron chi connectivity index (χ0n) is 30.3. The van der Waals surface area contributed by atoms with Crippen molar-refractivity contribution in [1.82, 2.24) is 31.9 Å². The molecule has 2 rings (SSSR count). The molecule has 1 aliphatic heterocycles. The summed E-state index contributed by atoms with van der Waals surface area (Å²) in [6.45, 7) is 12.9. The quantitative estimate of drug-likeness (QED) is 0.142. The van der Waals surface area contributed by atoms with Gasteiger partial charge >= 0.3 is 6.09 Å². The van der Waals surface area contributed by atoms with Crippen LogP contribution in [-0.4, -0.2) is 84.2 Å². The Morgan fingerprint density at radius 1 is 0.900 bits per heavy atom. The molecule has 50 heavy (non-hydrogen) atoms. The van der Waals surface area contributed by atoms with Crippen molar-refractivity contribution in [2.45, 2.75) is 105 Å². The average Bonchev–Trinajstić information content (AvgIpc) is 3.05. The molecule has 278 valence electrons. The second-order valence-corrected chi connectivity index (χ2v) is 13.9. The molecular formula is C36H56N6O8. The van der Waals surface area contributed by atoms with Crippen molar-refractivity contribution < 1.29 is 38.6 Å². The van der Waals surface area contributed by atoms with Crippen molar-refractivity contribution in [2.24, 2.45) is 23.7 Å². The van der Waals surface area contributed by atoms with Crippen LogP contribution in [0.1, 0.15) is 73.3 Å². The van der Waals surface area contributed by atoms with Gasteiger partial charge in [0.15, 0.2) is 0 Å². The summed E-state index contributed by atoms with van der Waals surface area (Å²) in [7, 11) is 0. The minimum absolute atomic E-state index is 0.0203. The largest absolute Gasteiger partial charge is 0.445 e. The Morgan fingerprint density at radius 3 is 2.20 bits per heavy atom. The van der Waals surface area contributed by atoms with Gasteiger partial charge in [-0.05, 0) is 42.2 Å². The summed E-state index contributed by atoms with van der Waals surface area (Å²) in [5.41, 5.74) is 0.921. The molecule has 6 atom stereocenters. The SMILES string of the molecule is CC(C)C[C@H](NC(=O)[C@@H]1CC(=O)NCC=CCOC(=O)N[C@@H](C(C)C)C(=O)N1)[C@@H](O)C[C@@H](C)C(=O)N[C@H](C(=O)NCc1ccccc1)C(C)C. The van der Waals surface area contributed by atoms with E-state index in [2.05, 4.69) is 31.9 Å². The van der Waals surface area contributed by atoms with Gasteiger partial charge in [-0.15, -0.1) is 0 Å². The zero-order chi connectivity index (χ0) is 37.4. The maximum atomic E-state index is 13.7. The van der Waals surface area contributed by atoms with Crippen LogP contribution < -0.4 is 31.9 Å². The molecule has 0 bridgehead atoms. The number of hydrogen-bond acceptors (Lipinski definition) is 8. The van der Waals surface area contributed by atoms with Crippen LogP contribution in [0.2, 0.25) is 0 Å². The van der Waals surface area contributed by atoms with E-state index in [0.717, 1.165) is 5.56 Å². The van der Waals surface area contributed by atoms with E-state index in [-0.39, 0.29) is 43.2 Å². The lowest BCUT2D eigenvalue weighted by Gasteiger charge is -2.30. The fourth-order valence-corrected chi connectivity index (χ4v) is 5.34. The number of cyclic esters (lactones) is 1. The molecule has 0 aromatic heterocycles. The van der Waals surface area contributed by atoms with E-state index in [1.54, 1.807) is 32.9 Å². The van der Waals surface area contributed by atoms with Gasteiger partial charge in [0.25, 0.3) is 0 Å². The maximum absolute atomic E-state index is 13.7. The number of hydrogen-bond donors (Lipinski definition) is 7. The van der Waals surface area contributed by atoms with Crippen LogP contribution in [-0.2, 0) is 35.3 Å². The van der Waals surface area contributed by atoms with E-state index in [1.165, 1.54) is 0 Å². The fourth-order valence-electron chi connectivity index (χ4n) is 5.34. The van der Waals surface area contributed by atoms with E-state index in [4.69, 9.17) is 4.74 Å². The van der Waals surface area contributed by atoms with Crippen molar-refractivity contribution in [2.75, 3.05) is 13.2 Å². The lowest BCUT2D eigenvalue weighted by atomic mass is 9.91. The Morgan fingerprint density at radius 2 is 1.58 bits per heavy atom. The number of amides is 6. The molecule has 0 saturated heterocycles. The lowest BCUT2D eigenvalue weighted by Crippen LogP contribution is -2.58. The first-order chi connectivity index (χ1) is 23.6. The molecule has 7 N–H and O–H groups in total. The van der Waals surface area contributed by atoms with Gasteiger partial charge in [0.2, 0.25) is 29.5 Å². The van der Waals surface area contributed by atoms with E-state index in [0.29, 0.717) is 13.0 Å². The van der Waals surface area contributed by atoms with E-state index in [9.17, 15) is 33.9 Å². The van der Waals surface area contributed by atoms with Gasteiger partial charge in [-0.1, -0.05) is 84.9 Å². The molecule has 0 spiro atoms. The van der Waals surface area contributed by atoms with Gasteiger partial charge in [-0.2, -0.15) is 0 Å². The standard InChI is InChI=1S/C36H56N6O8/c1-21(2)17-26(28(43)18-24(7)32(45)41-30(22(3)4)34(47)38-20-25-13-9-8-10-14-25)39-33(46)27-19-29(44)37-15-11-12-16-50-36(49)42-31(23(5)6)35(48)40-27/h8-14,21-24,26-28,30-31,43H,15-20H2,1-7H3,(H,37,44)(H,38,47)(H,39,46)(H,40,48)(H,41,45)(H,42,49)/t24-,26+,27+,28+,30+,31+/m1/s1. The van der Waals surface area contributed by atoms with E-state index < -0.39 is 72.3 Å². The van der Waals surface area contributed by atoms with Crippen molar-refractivity contribution in [3.05, 3.63) is 48.0 Å². The predicted octanol–water partition coefficient (Wildman–Crippen LogP) is 1.67. The van der Waals surface area contributed by atoms with Gasteiger partial charge < -0.3 is 41.7 Å². The molecule has 0 radical (unpaired) electrons. The number of carbonyl (C=O) groups is 6. The number of carbonyl (C=O) groups excluding carboxylic acids is 6. The zero-order valence-corrected chi connectivity index (χ0v) is 30.3. The number of ether oxygens (including phenoxy) is 1. The molecule has 0 unspecified atom stereocenters. The highest BCUT2D eigenvalue weighted by molar-refractivity contribution is 5.94. The first-order valence-corrected chi connectivity index (χ1v) is 17.3. The smallest absolute Gasteiger partial charge is 0.408 e. The highest BCUT2D eigenvalue weighted by Crippen LogP contribution is 2.17. The number of alkyl carbamates (subject to hydrolysis) is 1. The van der Waals surface area contributed by atoms with Crippen molar-refractivity contribution in [3.63, 3.8) is 0 Å². The second kappa shape index (κ2) is 20.9. The maximum Gasteiger partial charge on any atom is 0.408 e. The molecule has 0 saturated carbocycles. The van der Waals surface area contributed by atoms with E-state index >= 15 is 0 Å². The van der Waals surface area contributed by atoms with Crippen LogP contribution in [0.5, 0.6) is 0 Å². The number of aliphatic hydroxyl groups is 1. The molecule has 0 aliphatic carbocycles. The predicted molar refractivity (Wildman–Crippen MR) is 188 cm³/mol. The molecule has 1 heterocycles. The highest BCUT2D eigenvalue weighted by Gasteiger charge is 2.34. The molecule has 14 nitrogen and oxygen atoms in total. The Kier molecular flexibility index (Phi) is 17.4. The molecule has 6 amide bonds. The summed E-state index contributed by atoms with van der Waals surface area (Å²) in [6.07, 6.45) is 1.05. The second-order valence-electron chi connectivity index (χ2n) is 13.9. The number of benzene rings is 1. The van der Waals surface area contributed by atoms with Gasteiger partial charge in [0.1, 0.15) is 24.7 Å². The third-order valence-electron chi connectivity index (χ3n) is 8.26. The molecular weight excluding hydrogens is 644 g/mol. The van der Waals surface area contributed by atoms with Crippen LogP contribution in [0.3, 0.4) is 0 Å².